The fourth-order valence-electron chi connectivity index (χ4n) is 2.32. The summed E-state index contributed by atoms with van der Waals surface area (Å²) in [7, 11) is 0. The van der Waals surface area contributed by atoms with Crippen LogP contribution in [0.3, 0.4) is 0 Å². The molecular formula is C17H21N3O3S. The number of carboxylic acid groups (broad SMARTS) is 1. The van der Waals surface area contributed by atoms with Gasteiger partial charge in [0.1, 0.15) is 4.88 Å². The molecule has 1 heterocycles. The number of thiazole rings is 1. The minimum atomic E-state index is -1.10. The molecule has 7 heteroatoms. The highest BCUT2D eigenvalue weighted by Gasteiger charge is 2.30. The number of carbonyl (C=O) groups excluding carboxylic acids is 1. The van der Waals surface area contributed by atoms with Crippen molar-refractivity contribution in [3.05, 3.63) is 40.4 Å². The van der Waals surface area contributed by atoms with Crippen molar-refractivity contribution < 1.29 is 14.7 Å². The van der Waals surface area contributed by atoms with Gasteiger partial charge in [0, 0.05) is 11.2 Å². The molecule has 2 N–H and O–H groups in total. The van der Waals surface area contributed by atoms with Gasteiger partial charge in [-0.3, -0.25) is 4.79 Å². The van der Waals surface area contributed by atoms with Crippen LogP contribution in [0.15, 0.2) is 24.4 Å². The number of hydrogen-bond acceptors (Lipinski definition) is 4. The van der Waals surface area contributed by atoms with Crippen LogP contribution in [-0.4, -0.2) is 27.6 Å². The molecule has 2 rings (SSSR count). The maximum absolute atomic E-state index is 12.5. The van der Waals surface area contributed by atoms with Crippen LogP contribution in [0.1, 0.15) is 41.6 Å². The summed E-state index contributed by atoms with van der Waals surface area (Å²) in [4.78, 5) is 29.6. The summed E-state index contributed by atoms with van der Waals surface area (Å²) in [6, 6.07) is 5.78. The van der Waals surface area contributed by atoms with Crippen LogP contribution in [0.2, 0.25) is 0 Å². The number of amides is 2. The van der Waals surface area contributed by atoms with Crippen molar-refractivity contribution in [1.82, 2.24) is 4.98 Å². The minimum Gasteiger partial charge on any atom is -0.465 e. The third kappa shape index (κ3) is 3.73. The molecule has 0 aliphatic rings. The van der Waals surface area contributed by atoms with Gasteiger partial charge in [-0.2, -0.15) is 0 Å². The van der Waals surface area contributed by atoms with E-state index in [-0.39, 0.29) is 11.0 Å². The maximum Gasteiger partial charge on any atom is 0.414 e. The van der Waals surface area contributed by atoms with E-state index >= 15 is 0 Å². The summed E-state index contributed by atoms with van der Waals surface area (Å²) in [5.74, 6) is -0.296. The van der Waals surface area contributed by atoms with Crippen LogP contribution >= 0.6 is 11.3 Å². The molecule has 0 aliphatic carbocycles. The number of nitrogens with zero attached hydrogens (tertiary/aromatic N) is 2. The Kier molecular flexibility index (Phi) is 4.94. The Morgan fingerprint density at radius 2 is 1.79 bits per heavy atom. The molecule has 0 unspecified atom stereocenters. The zero-order valence-electron chi connectivity index (χ0n) is 14.4. The van der Waals surface area contributed by atoms with Crippen molar-refractivity contribution >= 4 is 34.2 Å². The van der Waals surface area contributed by atoms with Gasteiger partial charge in [0.25, 0.3) is 5.91 Å². The Labute approximate surface area is 145 Å². The van der Waals surface area contributed by atoms with Gasteiger partial charge in [-0.25, -0.2) is 14.7 Å². The number of rotatable bonds is 3. The predicted molar refractivity (Wildman–Crippen MR) is 96.2 cm³/mol. The van der Waals surface area contributed by atoms with Gasteiger partial charge in [0.05, 0.1) is 6.20 Å². The quantitative estimate of drug-likeness (QED) is 0.867. The first-order valence-electron chi connectivity index (χ1n) is 7.48. The third-order valence-electron chi connectivity index (χ3n) is 3.49. The predicted octanol–water partition coefficient (Wildman–Crippen LogP) is 4.30. The van der Waals surface area contributed by atoms with E-state index in [1.54, 1.807) is 20.8 Å². The van der Waals surface area contributed by atoms with E-state index in [0.29, 0.717) is 4.88 Å². The van der Waals surface area contributed by atoms with Crippen molar-refractivity contribution in [1.29, 1.82) is 0 Å². The zero-order chi connectivity index (χ0) is 18.1. The lowest BCUT2D eigenvalue weighted by Gasteiger charge is -2.30. The lowest BCUT2D eigenvalue weighted by Crippen LogP contribution is -2.45. The first-order valence-corrected chi connectivity index (χ1v) is 8.29. The van der Waals surface area contributed by atoms with E-state index in [0.717, 1.165) is 33.1 Å². The summed E-state index contributed by atoms with van der Waals surface area (Å²) >= 11 is 1.06. The van der Waals surface area contributed by atoms with E-state index in [4.69, 9.17) is 0 Å². The van der Waals surface area contributed by atoms with E-state index < -0.39 is 11.6 Å². The smallest absolute Gasteiger partial charge is 0.414 e. The third-order valence-corrected chi connectivity index (χ3v) is 4.47. The average molecular weight is 347 g/mol. The fraction of sp³-hybridized carbons (Fsp3) is 0.353. The molecule has 0 spiro atoms. The molecule has 0 radical (unpaired) electrons. The largest absolute Gasteiger partial charge is 0.465 e. The van der Waals surface area contributed by atoms with Gasteiger partial charge in [0.2, 0.25) is 0 Å². The minimum absolute atomic E-state index is 0.279. The monoisotopic (exact) mass is 347 g/mol. The van der Waals surface area contributed by atoms with Crippen molar-refractivity contribution in [3.8, 4) is 0 Å². The molecule has 0 fully saturated rings. The molecule has 2 aromatic rings. The van der Waals surface area contributed by atoms with Crippen molar-refractivity contribution in [2.24, 2.45) is 0 Å². The Morgan fingerprint density at radius 1 is 1.21 bits per heavy atom. The summed E-state index contributed by atoms with van der Waals surface area (Å²) in [6.07, 6.45) is 0.309. The second-order valence-electron chi connectivity index (χ2n) is 6.52. The summed E-state index contributed by atoms with van der Waals surface area (Å²) < 4.78 is 0. The van der Waals surface area contributed by atoms with E-state index in [1.165, 1.54) is 6.20 Å². The first-order chi connectivity index (χ1) is 11.1. The van der Waals surface area contributed by atoms with Crippen LogP contribution < -0.4 is 10.2 Å². The van der Waals surface area contributed by atoms with Crippen molar-refractivity contribution in [3.63, 3.8) is 0 Å². The molecule has 128 valence electrons. The second-order valence-corrected chi connectivity index (χ2v) is 7.53. The van der Waals surface area contributed by atoms with E-state index in [9.17, 15) is 14.7 Å². The molecule has 1 aromatic heterocycles. The molecule has 0 saturated carbocycles. The zero-order valence-corrected chi connectivity index (χ0v) is 15.2. The van der Waals surface area contributed by atoms with Gasteiger partial charge in [0.15, 0.2) is 5.13 Å². The van der Waals surface area contributed by atoms with Gasteiger partial charge in [-0.1, -0.05) is 29.5 Å². The normalized spacial score (nSPS) is 11.2. The Bertz CT molecular complexity index is 757. The second kappa shape index (κ2) is 6.60. The van der Waals surface area contributed by atoms with Gasteiger partial charge >= 0.3 is 6.09 Å². The molecule has 0 bridgehead atoms. The highest BCUT2D eigenvalue weighted by Crippen LogP contribution is 2.29. The van der Waals surface area contributed by atoms with Crippen LogP contribution in [0, 0.1) is 13.8 Å². The van der Waals surface area contributed by atoms with Gasteiger partial charge < -0.3 is 10.4 Å². The van der Waals surface area contributed by atoms with Crippen LogP contribution in [0.25, 0.3) is 0 Å². The first kappa shape index (κ1) is 17.9. The Morgan fingerprint density at radius 3 is 2.29 bits per heavy atom. The van der Waals surface area contributed by atoms with Crippen LogP contribution in [0.5, 0.6) is 0 Å². The fourth-order valence-corrected chi connectivity index (χ4v) is 3.31. The van der Waals surface area contributed by atoms with Crippen LogP contribution in [0.4, 0.5) is 15.6 Å². The highest BCUT2D eigenvalue weighted by atomic mass is 32.1. The summed E-state index contributed by atoms with van der Waals surface area (Å²) in [5, 5.41) is 12.6. The maximum atomic E-state index is 12.5. The molecule has 6 nitrogen and oxygen atoms in total. The SMILES string of the molecule is Cc1cccc(C)c1NC(=O)c1cnc(N(C(=O)O)C(C)(C)C)s1. The number of para-hydroxylation sites is 1. The van der Waals surface area contributed by atoms with Crippen LogP contribution in [-0.2, 0) is 0 Å². The molecule has 0 saturated heterocycles. The molecular weight excluding hydrogens is 326 g/mol. The number of benzene rings is 1. The topological polar surface area (TPSA) is 82.5 Å². The molecule has 24 heavy (non-hydrogen) atoms. The standard InChI is InChI=1S/C17H21N3O3S/c1-10-7-6-8-11(2)13(10)19-14(21)12-9-18-15(24-12)20(16(22)23)17(3,4)5/h6-9H,1-5H3,(H,19,21)(H,22,23). The number of aryl methyl sites for hydroxylation is 2. The van der Waals surface area contributed by atoms with Gasteiger partial charge in [-0.15, -0.1) is 0 Å². The Hall–Kier alpha value is -2.41. The summed E-state index contributed by atoms with van der Waals surface area (Å²) in [5.41, 5.74) is 2.05. The van der Waals surface area contributed by atoms with Crippen molar-refractivity contribution in [2.75, 3.05) is 10.2 Å². The number of nitrogens with one attached hydrogen (secondary N) is 1. The number of carbonyl (C=O) groups is 2. The highest BCUT2D eigenvalue weighted by molar-refractivity contribution is 7.17. The average Bonchev–Trinajstić information content (AvgIpc) is 2.90. The van der Waals surface area contributed by atoms with Gasteiger partial charge in [-0.05, 0) is 45.7 Å². The van der Waals surface area contributed by atoms with E-state index in [2.05, 4.69) is 10.3 Å². The molecule has 1 aromatic carbocycles. The number of hydrogen-bond donors (Lipinski definition) is 2. The number of aromatic nitrogens is 1. The van der Waals surface area contributed by atoms with E-state index in [1.807, 2.05) is 32.0 Å². The summed E-state index contributed by atoms with van der Waals surface area (Å²) in [6.45, 7) is 9.18. The number of anilines is 2. The van der Waals surface area contributed by atoms with Crippen molar-refractivity contribution in [2.45, 2.75) is 40.2 Å². The Balaban J connectivity index is 2.27. The molecule has 2 amide bonds. The lowest BCUT2D eigenvalue weighted by atomic mass is 10.1. The lowest BCUT2D eigenvalue weighted by molar-refractivity contribution is 0.103. The molecule has 0 aliphatic heterocycles. The molecule has 0 atom stereocenters.